The van der Waals surface area contributed by atoms with Gasteiger partial charge in [0.05, 0.1) is 18.5 Å². The molecule has 0 radical (unpaired) electrons. The number of rotatable bonds is 5. The zero-order valence-electron chi connectivity index (χ0n) is 13.7. The molecule has 6 heteroatoms. The van der Waals surface area contributed by atoms with Crippen molar-refractivity contribution in [3.05, 3.63) is 65.3 Å². The summed E-state index contributed by atoms with van der Waals surface area (Å²) in [5.41, 5.74) is 1.84. The lowest BCUT2D eigenvalue weighted by Gasteiger charge is -2.28. The maximum Gasteiger partial charge on any atom is 0.265 e. The molecule has 4 nitrogen and oxygen atoms in total. The van der Waals surface area contributed by atoms with Crippen LogP contribution in [0, 0.1) is 11.7 Å². The molecule has 1 aliphatic rings. The van der Waals surface area contributed by atoms with E-state index in [9.17, 15) is 9.18 Å². The van der Waals surface area contributed by atoms with Crippen molar-refractivity contribution in [1.82, 2.24) is 9.88 Å². The van der Waals surface area contributed by atoms with Crippen molar-refractivity contribution in [3.63, 3.8) is 0 Å². The number of hydrogen-bond donors (Lipinski definition) is 0. The molecule has 128 valence electrons. The summed E-state index contributed by atoms with van der Waals surface area (Å²) in [5.74, 6) is 0.105. The van der Waals surface area contributed by atoms with Crippen LogP contribution in [-0.4, -0.2) is 22.8 Å². The minimum atomic E-state index is -0.264. The topological polar surface area (TPSA) is 46.3 Å². The van der Waals surface area contributed by atoms with Gasteiger partial charge in [-0.2, -0.15) is 0 Å². The van der Waals surface area contributed by atoms with Gasteiger partial charge in [-0.25, -0.2) is 9.37 Å². The van der Waals surface area contributed by atoms with Crippen LogP contribution in [0.25, 0.3) is 10.6 Å². The highest BCUT2D eigenvalue weighted by Gasteiger charge is 2.37. The van der Waals surface area contributed by atoms with Crippen LogP contribution in [0.2, 0.25) is 0 Å². The van der Waals surface area contributed by atoms with Gasteiger partial charge in [0.15, 0.2) is 0 Å². The van der Waals surface area contributed by atoms with Gasteiger partial charge in [0.1, 0.15) is 22.0 Å². The molecule has 1 fully saturated rings. The molecule has 3 aromatic rings. The Kier molecular flexibility index (Phi) is 4.13. The standard InChI is InChI=1S/C19H17FN2O2S/c1-22(17(12-2-3-12)13-4-6-15(20)7-5-13)19(23)16-10-21-18(25-16)14-8-9-24-11-14/h4-12,17H,2-3H2,1H3. The third-order valence-corrected chi connectivity index (χ3v) is 5.54. The number of aromatic nitrogens is 1. The van der Waals surface area contributed by atoms with Gasteiger partial charge in [-0.05, 0) is 42.5 Å². The molecule has 0 N–H and O–H groups in total. The van der Waals surface area contributed by atoms with Crippen molar-refractivity contribution in [1.29, 1.82) is 0 Å². The summed E-state index contributed by atoms with van der Waals surface area (Å²) in [6.07, 6.45) is 6.98. The van der Waals surface area contributed by atoms with Gasteiger partial charge in [-0.15, -0.1) is 11.3 Å². The first-order chi connectivity index (χ1) is 12.1. The van der Waals surface area contributed by atoms with Crippen molar-refractivity contribution < 1.29 is 13.6 Å². The molecule has 1 amide bonds. The summed E-state index contributed by atoms with van der Waals surface area (Å²) in [5, 5.41) is 0.759. The van der Waals surface area contributed by atoms with Gasteiger partial charge in [-0.1, -0.05) is 12.1 Å². The number of hydrogen-bond acceptors (Lipinski definition) is 4. The predicted octanol–water partition coefficient (Wildman–Crippen LogP) is 4.77. The van der Waals surface area contributed by atoms with Crippen LogP contribution >= 0.6 is 11.3 Å². The zero-order chi connectivity index (χ0) is 17.4. The third-order valence-electron chi connectivity index (χ3n) is 4.50. The van der Waals surface area contributed by atoms with Gasteiger partial charge >= 0.3 is 0 Å². The van der Waals surface area contributed by atoms with E-state index in [0.29, 0.717) is 10.8 Å². The van der Waals surface area contributed by atoms with Crippen LogP contribution in [0.3, 0.4) is 0 Å². The largest absolute Gasteiger partial charge is 0.472 e. The van der Waals surface area contributed by atoms with Gasteiger partial charge in [0.2, 0.25) is 0 Å². The van der Waals surface area contributed by atoms with E-state index >= 15 is 0 Å². The molecular formula is C19H17FN2O2S. The van der Waals surface area contributed by atoms with Crippen LogP contribution in [-0.2, 0) is 0 Å². The Balaban J connectivity index is 1.59. The van der Waals surface area contributed by atoms with E-state index in [1.807, 2.05) is 13.1 Å². The average molecular weight is 356 g/mol. The quantitative estimate of drug-likeness (QED) is 0.662. The Morgan fingerprint density at radius 1 is 1.32 bits per heavy atom. The highest BCUT2D eigenvalue weighted by atomic mass is 32.1. The summed E-state index contributed by atoms with van der Waals surface area (Å²) in [6.45, 7) is 0. The number of furan rings is 1. The zero-order valence-corrected chi connectivity index (χ0v) is 14.5. The van der Waals surface area contributed by atoms with Gasteiger partial charge < -0.3 is 9.32 Å². The number of halogens is 1. The molecule has 25 heavy (non-hydrogen) atoms. The van der Waals surface area contributed by atoms with Crippen molar-refractivity contribution in [2.24, 2.45) is 5.92 Å². The minimum absolute atomic E-state index is 0.0347. The fourth-order valence-electron chi connectivity index (χ4n) is 3.08. The third kappa shape index (κ3) is 3.22. The normalized spacial score (nSPS) is 15.1. The summed E-state index contributed by atoms with van der Waals surface area (Å²) in [4.78, 5) is 19.6. The van der Waals surface area contributed by atoms with E-state index in [2.05, 4.69) is 4.98 Å². The van der Waals surface area contributed by atoms with Crippen LogP contribution in [0.4, 0.5) is 4.39 Å². The molecule has 0 saturated heterocycles. The first kappa shape index (κ1) is 16.0. The van der Waals surface area contributed by atoms with E-state index in [1.165, 1.54) is 23.5 Å². The van der Waals surface area contributed by atoms with Crippen LogP contribution in [0.15, 0.2) is 53.5 Å². The molecule has 0 bridgehead atoms. The Bertz CT molecular complexity index is 869. The average Bonchev–Trinajstić information content (AvgIpc) is 3.12. The summed E-state index contributed by atoms with van der Waals surface area (Å²) in [6, 6.07) is 8.23. The molecule has 1 saturated carbocycles. The molecule has 2 heterocycles. The van der Waals surface area contributed by atoms with Crippen molar-refractivity contribution >= 4 is 17.2 Å². The summed E-state index contributed by atoms with van der Waals surface area (Å²) in [7, 11) is 1.81. The number of thiazole rings is 1. The Labute approximate surface area is 148 Å². The van der Waals surface area contributed by atoms with Crippen molar-refractivity contribution in [2.75, 3.05) is 7.05 Å². The summed E-state index contributed by atoms with van der Waals surface area (Å²) >= 11 is 1.35. The second kappa shape index (κ2) is 6.44. The fourth-order valence-corrected chi connectivity index (χ4v) is 3.96. The Morgan fingerprint density at radius 2 is 2.08 bits per heavy atom. The van der Waals surface area contributed by atoms with E-state index in [4.69, 9.17) is 4.42 Å². The van der Waals surface area contributed by atoms with E-state index in [-0.39, 0.29) is 17.8 Å². The number of carbonyl (C=O) groups is 1. The molecule has 4 rings (SSSR count). The van der Waals surface area contributed by atoms with Crippen molar-refractivity contribution in [2.45, 2.75) is 18.9 Å². The molecule has 1 atom stereocenters. The van der Waals surface area contributed by atoms with Crippen LogP contribution in [0.5, 0.6) is 0 Å². The molecule has 2 aromatic heterocycles. The minimum Gasteiger partial charge on any atom is -0.472 e. The number of amides is 1. The second-order valence-corrected chi connectivity index (χ2v) is 7.32. The lowest BCUT2D eigenvalue weighted by molar-refractivity contribution is 0.0715. The highest BCUT2D eigenvalue weighted by Crippen LogP contribution is 2.44. The summed E-state index contributed by atoms with van der Waals surface area (Å²) < 4.78 is 18.3. The van der Waals surface area contributed by atoms with Gasteiger partial charge in [-0.3, -0.25) is 4.79 Å². The molecule has 0 aliphatic heterocycles. The Hall–Kier alpha value is -2.47. The van der Waals surface area contributed by atoms with Gasteiger partial charge in [0, 0.05) is 12.6 Å². The van der Waals surface area contributed by atoms with Crippen LogP contribution < -0.4 is 0 Å². The lowest BCUT2D eigenvalue weighted by Crippen LogP contribution is -2.32. The molecule has 1 aliphatic carbocycles. The number of nitrogens with zero attached hydrogens (tertiary/aromatic N) is 2. The van der Waals surface area contributed by atoms with Crippen LogP contribution in [0.1, 0.15) is 34.1 Å². The predicted molar refractivity (Wildman–Crippen MR) is 93.8 cm³/mol. The maximum absolute atomic E-state index is 13.2. The smallest absolute Gasteiger partial charge is 0.265 e. The Morgan fingerprint density at radius 3 is 2.72 bits per heavy atom. The van der Waals surface area contributed by atoms with Gasteiger partial charge in [0.25, 0.3) is 5.91 Å². The first-order valence-corrected chi connectivity index (χ1v) is 8.96. The number of carbonyl (C=O) groups excluding carboxylic acids is 1. The monoisotopic (exact) mass is 356 g/mol. The fraction of sp³-hybridized carbons (Fsp3) is 0.263. The number of benzene rings is 1. The van der Waals surface area contributed by atoms with E-state index < -0.39 is 0 Å². The maximum atomic E-state index is 13.2. The lowest BCUT2D eigenvalue weighted by atomic mass is 10.0. The molecule has 0 spiro atoms. The van der Waals surface area contributed by atoms with E-state index in [1.54, 1.807) is 35.8 Å². The second-order valence-electron chi connectivity index (χ2n) is 6.29. The SMILES string of the molecule is CN(C(=O)c1cnc(-c2ccoc2)s1)C(c1ccc(F)cc1)C1CC1. The first-order valence-electron chi connectivity index (χ1n) is 8.14. The van der Waals surface area contributed by atoms with E-state index in [0.717, 1.165) is 29.0 Å². The molecule has 1 aromatic carbocycles. The highest BCUT2D eigenvalue weighted by molar-refractivity contribution is 7.16. The van der Waals surface area contributed by atoms with Crippen molar-refractivity contribution in [3.8, 4) is 10.6 Å². The molecule has 1 unspecified atom stereocenters. The molecular weight excluding hydrogens is 339 g/mol.